The smallest absolute Gasteiger partial charge is 0.164 e. The van der Waals surface area contributed by atoms with E-state index in [1.54, 1.807) is 76.6 Å². The SMILES string of the molecule is CC(C)(C)c1ccc2c(c1)C(=O)CCS2.Cc1ccc2c(c1)C(=O)CCS2.O=C1CCSc2ccc(Br)cc21.O=C1CCSc2ccc(Cl)cc21.O=C1CCSc2ccc(I)cc21.O=C1CCSc2ccccc21. The van der Waals surface area contributed by atoms with Crippen molar-refractivity contribution in [2.75, 3.05) is 34.5 Å². The van der Waals surface area contributed by atoms with Crippen molar-refractivity contribution in [3.8, 4) is 0 Å². The molecule has 0 spiro atoms. The second-order valence-electron chi connectivity index (χ2n) is 18.5. The highest BCUT2D eigenvalue weighted by atomic mass is 127. The lowest BCUT2D eigenvalue weighted by Crippen LogP contribution is -2.14. The van der Waals surface area contributed by atoms with Crippen molar-refractivity contribution in [3.63, 3.8) is 0 Å². The normalized spacial score (nSPS) is 16.0. The Kier molecular flexibility index (Phi) is 22.2. The van der Waals surface area contributed by atoms with Gasteiger partial charge in [-0.05, 0) is 125 Å². The third kappa shape index (κ3) is 16.5. The van der Waals surface area contributed by atoms with Crippen molar-refractivity contribution in [2.45, 2.75) is 101 Å². The highest BCUT2D eigenvalue weighted by molar-refractivity contribution is 14.1. The summed E-state index contributed by atoms with van der Waals surface area (Å²) in [6.45, 7) is 8.55. The van der Waals surface area contributed by atoms with Crippen LogP contribution in [0.2, 0.25) is 5.02 Å². The minimum atomic E-state index is 0.122. The molecule has 0 N–H and O–H groups in total. The van der Waals surface area contributed by atoms with E-state index in [2.05, 4.69) is 83.6 Å². The predicted octanol–water partition coefficient (Wildman–Crippen LogP) is 17.8. The lowest BCUT2D eigenvalue weighted by molar-refractivity contribution is 0.0976. The number of hydrogen-bond acceptors (Lipinski definition) is 12. The maximum Gasteiger partial charge on any atom is 0.164 e. The number of carbonyl (C=O) groups is 6. The summed E-state index contributed by atoms with van der Waals surface area (Å²) >= 11 is 22.0. The van der Waals surface area contributed by atoms with Crippen LogP contribution in [-0.2, 0) is 5.41 Å². The van der Waals surface area contributed by atoms with Crippen molar-refractivity contribution >= 4 is 155 Å². The van der Waals surface area contributed by atoms with E-state index in [0.717, 1.165) is 105 Å². The first-order valence-corrected chi connectivity index (χ1v) is 32.3. The molecule has 384 valence electrons. The molecule has 12 rings (SSSR count). The van der Waals surface area contributed by atoms with Crippen molar-refractivity contribution in [2.24, 2.45) is 0 Å². The number of Topliss-reactive ketones (excluding diaryl/α,β-unsaturated/α-hetero) is 6. The Morgan fingerprint density at radius 2 is 0.784 bits per heavy atom. The van der Waals surface area contributed by atoms with Crippen LogP contribution >= 0.6 is 121 Å². The molecule has 6 aromatic rings. The molecule has 0 saturated carbocycles. The number of rotatable bonds is 0. The van der Waals surface area contributed by atoms with Gasteiger partial charge in [0, 0.05) is 149 Å². The van der Waals surface area contributed by atoms with Gasteiger partial charge in [-0.15, -0.1) is 70.6 Å². The molecule has 0 fully saturated rings. The van der Waals surface area contributed by atoms with Crippen LogP contribution in [0.4, 0.5) is 0 Å². The maximum atomic E-state index is 11.8. The van der Waals surface area contributed by atoms with E-state index in [1.807, 2.05) is 91.9 Å². The molecule has 6 nitrogen and oxygen atoms in total. The summed E-state index contributed by atoms with van der Waals surface area (Å²) in [6, 6.07) is 37.7. The van der Waals surface area contributed by atoms with E-state index in [-0.39, 0.29) is 17.0 Å². The van der Waals surface area contributed by atoms with Crippen LogP contribution in [-0.4, -0.2) is 69.2 Å². The highest BCUT2D eigenvalue weighted by Crippen LogP contribution is 2.36. The van der Waals surface area contributed by atoms with Gasteiger partial charge in [0.2, 0.25) is 0 Å². The number of benzene rings is 6. The van der Waals surface area contributed by atoms with Crippen LogP contribution in [0.25, 0.3) is 0 Å². The van der Waals surface area contributed by atoms with Crippen LogP contribution in [0, 0.1) is 10.5 Å². The summed E-state index contributed by atoms with van der Waals surface area (Å²) in [5.74, 6) is 7.24. The predicted molar refractivity (Wildman–Crippen MR) is 326 cm³/mol. The molecule has 15 heteroatoms. The average molecular weight is 1290 g/mol. The summed E-state index contributed by atoms with van der Waals surface area (Å²) in [5, 5.41) is 0.643. The Morgan fingerprint density at radius 3 is 1.27 bits per heavy atom. The van der Waals surface area contributed by atoms with Gasteiger partial charge in [-0.1, -0.05) is 84.2 Å². The molecule has 0 radical (unpaired) electrons. The summed E-state index contributed by atoms with van der Waals surface area (Å²) in [7, 11) is 0. The van der Waals surface area contributed by atoms with E-state index in [1.165, 1.54) is 11.1 Å². The highest BCUT2D eigenvalue weighted by Gasteiger charge is 2.23. The maximum absolute atomic E-state index is 11.8. The van der Waals surface area contributed by atoms with Crippen LogP contribution in [0.15, 0.2) is 149 Å². The molecule has 0 amide bonds. The first-order valence-electron chi connectivity index (χ1n) is 24.1. The van der Waals surface area contributed by atoms with Gasteiger partial charge >= 0.3 is 0 Å². The van der Waals surface area contributed by atoms with Crippen molar-refractivity contribution in [1.29, 1.82) is 0 Å². The minimum Gasteiger partial charge on any atom is -0.294 e. The number of fused-ring (bicyclic) bond motifs is 6. The molecular formula is C59H55BrClIO6S6. The van der Waals surface area contributed by atoms with Gasteiger partial charge < -0.3 is 0 Å². The number of halogens is 3. The van der Waals surface area contributed by atoms with Crippen LogP contribution in [0.1, 0.15) is 133 Å². The van der Waals surface area contributed by atoms with Crippen molar-refractivity contribution in [3.05, 3.63) is 173 Å². The molecule has 0 aliphatic carbocycles. The third-order valence-corrected chi connectivity index (χ3v) is 19.9. The Bertz CT molecular complexity index is 2830. The van der Waals surface area contributed by atoms with Gasteiger partial charge in [0.1, 0.15) is 0 Å². The van der Waals surface area contributed by atoms with Crippen molar-refractivity contribution in [1.82, 2.24) is 0 Å². The van der Waals surface area contributed by atoms with E-state index >= 15 is 0 Å². The van der Waals surface area contributed by atoms with E-state index < -0.39 is 0 Å². The van der Waals surface area contributed by atoms with Gasteiger partial charge in [0.25, 0.3) is 0 Å². The molecule has 0 unspecified atom stereocenters. The van der Waals surface area contributed by atoms with E-state index in [0.29, 0.717) is 66.7 Å². The summed E-state index contributed by atoms with van der Waals surface area (Å²) in [5.41, 5.74) is 7.88. The van der Waals surface area contributed by atoms with Crippen LogP contribution in [0.3, 0.4) is 0 Å². The fourth-order valence-corrected chi connectivity index (χ4v) is 15.1. The van der Waals surface area contributed by atoms with Crippen molar-refractivity contribution < 1.29 is 28.8 Å². The van der Waals surface area contributed by atoms with Gasteiger partial charge in [0.05, 0.1) is 0 Å². The average Bonchev–Trinajstić information content (AvgIpc) is 3.38. The Hall–Kier alpha value is -3.06. The quantitative estimate of drug-likeness (QED) is 0.135. The first kappa shape index (κ1) is 58.6. The van der Waals surface area contributed by atoms with Gasteiger partial charge in [-0.25, -0.2) is 0 Å². The second kappa shape index (κ2) is 28.0. The lowest BCUT2D eigenvalue weighted by atomic mass is 9.85. The first-order chi connectivity index (χ1) is 35.4. The molecule has 0 saturated heterocycles. The molecule has 74 heavy (non-hydrogen) atoms. The zero-order chi connectivity index (χ0) is 52.9. The lowest BCUT2D eigenvalue weighted by Gasteiger charge is -2.22. The second-order valence-corrected chi connectivity index (χ2v) is 27.9. The molecule has 0 atom stereocenters. The molecular weight excluding hydrogens is 1240 g/mol. The summed E-state index contributed by atoms with van der Waals surface area (Å²) in [4.78, 5) is 75.4. The van der Waals surface area contributed by atoms with Crippen LogP contribution in [0.5, 0.6) is 0 Å². The van der Waals surface area contributed by atoms with Gasteiger partial charge in [0.15, 0.2) is 34.7 Å². The Labute approximate surface area is 487 Å². The molecule has 6 aromatic carbocycles. The van der Waals surface area contributed by atoms with Crippen LogP contribution < -0.4 is 0 Å². The molecule has 6 aliphatic rings. The van der Waals surface area contributed by atoms with E-state index in [9.17, 15) is 28.8 Å². The fourth-order valence-electron chi connectivity index (χ4n) is 8.02. The standard InChI is InChI=1S/C13H16OS.C10H10OS.C9H7BrOS.C9H7ClOS.C9H7IOS.C9H8OS/c1-13(2,3)9-4-5-12-10(8-9)11(14)6-7-15-12;1-7-2-3-10-8(6-7)9(11)4-5-12-10;3*10-6-1-2-9-7(5-6)8(11)3-4-12-9;10-8-5-6-11-9-4-2-1-3-7(8)9/h4-5,8H,6-7H2,1-3H3;2-3,6H,4-5H2,1H3;3*1-2,5H,3-4H2;1-4H,5-6H2. The zero-order valence-electron chi connectivity index (χ0n) is 41.5. The number of hydrogen-bond donors (Lipinski definition) is 0. The molecule has 6 heterocycles. The third-order valence-electron chi connectivity index (χ3n) is 12.0. The summed E-state index contributed by atoms with van der Waals surface area (Å²) in [6.07, 6.45) is 4.08. The minimum absolute atomic E-state index is 0.122. The molecule has 0 bridgehead atoms. The van der Waals surface area contributed by atoms with Gasteiger partial charge in [-0.2, -0.15) is 0 Å². The number of carbonyl (C=O) groups excluding carboxylic acids is 6. The monoisotopic (exact) mass is 1290 g/mol. The van der Waals surface area contributed by atoms with Gasteiger partial charge in [-0.3, -0.25) is 28.8 Å². The molecule has 0 aromatic heterocycles. The zero-order valence-corrected chi connectivity index (χ0v) is 50.9. The Balaban J connectivity index is 0.000000130. The topological polar surface area (TPSA) is 102 Å². The molecule has 6 aliphatic heterocycles. The Morgan fingerprint density at radius 1 is 0.419 bits per heavy atom. The number of ketones is 6. The fraction of sp³-hybridized carbons (Fsp3) is 0.288. The number of thioether (sulfide) groups is 6. The van der Waals surface area contributed by atoms with E-state index in [4.69, 9.17) is 11.6 Å². The summed E-state index contributed by atoms with van der Waals surface area (Å²) < 4.78 is 2.12. The number of aryl methyl sites for hydroxylation is 1. The largest absolute Gasteiger partial charge is 0.294 e.